The summed E-state index contributed by atoms with van der Waals surface area (Å²) in [5.41, 5.74) is -0.148. The molecule has 0 radical (unpaired) electrons. The molecular weight excluding hydrogens is 445 g/mol. The standard InChI is InChI=1S/C22H23F3N2O4S/c1-15(28)18-5-3-7-20(13-18)32(30,31)27-10-8-17(9-11-27)21(29)26-14-16-4-2-6-19(12-16)22(23,24)25/h2-7,12-13,17H,8-11,14H2,1H3,(H,26,29). The molecule has 0 atom stereocenters. The lowest BCUT2D eigenvalue weighted by molar-refractivity contribution is -0.137. The first-order chi connectivity index (χ1) is 15.0. The summed E-state index contributed by atoms with van der Waals surface area (Å²) in [4.78, 5) is 24.0. The number of Topliss-reactive ketones (excluding diaryl/α,β-unsaturated/α-hetero) is 1. The van der Waals surface area contributed by atoms with Crippen molar-refractivity contribution in [3.05, 3.63) is 65.2 Å². The summed E-state index contributed by atoms with van der Waals surface area (Å²) >= 11 is 0. The fourth-order valence-electron chi connectivity index (χ4n) is 3.57. The fraction of sp³-hybridized carbons (Fsp3) is 0.364. The third-order valence-corrected chi connectivity index (χ3v) is 7.32. The maximum absolute atomic E-state index is 12.9. The Hall–Kier alpha value is -2.72. The van der Waals surface area contributed by atoms with Crippen molar-refractivity contribution in [3.8, 4) is 0 Å². The molecule has 1 N–H and O–H groups in total. The Morgan fingerprint density at radius 1 is 1.06 bits per heavy atom. The fourth-order valence-corrected chi connectivity index (χ4v) is 5.09. The van der Waals surface area contributed by atoms with Crippen LogP contribution in [0.25, 0.3) is 0 Å². The quantitative estimate of drug-likeness (QED) is 0.657. The van der Waals surface area contributed by atoms with E-state index in [1.165, 1.54) is 41.6 Å². The van der Waals surface area contributed by atoms with Crippen molar-refractivity contribution in [2.75, 3.05) is 13.1 Å². The summed E-state index contributed by atoms with van der Waals surface area (Å²) in [5, 5.41) is 2.64. The number of halogens is 3. The molecule has 0 saturated carbocycles. The van der Waals surface area contributed by atoms with Gasteiger partial charge in [-0.15, -0.1) is 0 Å². The number of amides is 1. The molecule has 6 nitrogen and oxygen atoms in total. The van der Waals surface area contributed by atoms with Gasteiger partial charge in [0.15, 0.2) is 5.78 Å². The molecule has 1 heterocycles. The highest BCUT2D eigenvalue weighted by Crippen LogP contribution is 2.29. The van der Waals surface area contributed by atoms with Crippen molar-refractivity contribution in [1.82, 2.24) is 9.62 Å². The summed E-state index contributed by atoms with van der Waals surface area (Å²) in [6.45, 7) is 1.58. The first kappa shape index (κ1) is 23.9. The molecule has 0 unspecified atom stereocenters. The molecule has 0 aromatic heterocycles. The molecule has 0 aliphatic carbocycles. The van der Waals surface area contributed by atoms with E-state index in [0.717, 1.165) is 12.1 Å². The summed E-state index contributed by atoms with van der Waals surface area (Å²) in [6, 6.07) is 10.6. The molecule has 1 aliphatic heterocycles. The monoisotopic (exact) mass is 468 g/mol. The Kier molecular flexibility index (Phi) is 7.04. The molecular formula is C22H23F3N2O4S. The second kappa shape index (κ2) is 9.41. The predicted molar refractivity (Wildman–Crippen MR) is 111 cm³/mol. The van der Waals surface area contributed by atoms with Crippen LogP contribution < -0.4 is 5.32 Å². The average molecular weight is 468 g/mol. The van der Waals surface area contributed by atoms with Gasteiger partial charge in [-0.05, 0) is 49.6 Å². The van der Waals surface area contributed by atoms with Crippen LogP contribution in [-0.4, -0.2) is 37.5 Å². The Morgan fingerprint density at radius 3 is 2.34 bits per heavy atom. The van der Waals surface area contributed by atoms with Gasteiger partial charge in [0, 0.05) is 31.1 Å². The highest BCUT2D eigenvalue weighted by Gasteiger charge is 2.33. The number of nitrogens with one attached hydrogen (secondary N) is 1. The maximum atomic E-state index is 12.9. The zero-order chi connectivity index (χ0) is 23.5. The van der Waals surface area contributed by atoms with Crippen LogP contribution in [0.5, 0.6) is 0 Å². The first-order valence-corrected chi connectivity index (χ1v) is 11.5. The molecule has 10 heteroatoms. The minimum Gasteiger partial charge on any atom is -0.352 e. The van der Waals surface area contributed by atoms with E-state index in [2.05, 4.69) is 5.32 Å². The van der Waals surface area contributed by atoms with E-state index in [-0.39, 0.29) is 36.2 Å². The zero-order valence-electron chi connectivity index (χ0n) is 17.4. The number of sulfonamides is 1. The number of carbonyl (C=O) groups is 2. The smallest absolute Gasteiger partial charge is 0.352 e. The highest BCUT2D eigenvalue weighted by molar-refractivity contribution is 7.89. The van der Waals surface area contributed by atoms with Gasteiger partial charge in [0.2, 0.25) is 15.9 Å². The molecule has 0 spiro atoms. The lowest BCUT2D eigenvalue weighted by Gasteiger charge is -2.30. The third-order valence-electron chi connectivity index (χ3n) is 5.42. The predicted octanol–water partition coefficient (Wildman–Crippen LogP) is 3.63. The van der Waals surface area contributed by atoms with Crippen molar-refractivity contribution in [3.63, 3.8) is 0 Å². The lowest BCUT2D eigenvalue weighted by Crippen LogP contribution is -2.42. The number of ketones is 1. The van der Waals surface area contributed by atoms with E-state index < -0.39 is 27.7 Å². The van der Waals surface area contributed by atoms with E-state index in [9.17, 15) is 31.2 Å². The normalized spacial score (nSPS) is 16.0. The van der Waals surface area contributed by atoms with E-state index >= 15 is 0 Å². The Labute approximate surface area is 184 Å². The van der Waals surface area contributed by atoms with Crippen molar-refractivity contribution in [2.24, 2.45) is 5.92 Å². The average Bonchev–Trinajstić information content (AvgIpc) is 2.77. The van der Waals surface area contributed by atoms with Crippen LogP contribution in [-0.2, 0) is 27.5 Å². The number of benzene rings is 2. The minimum absolute atomic E-state index is 0.0256. The van der Waals surface area contributed by atoms with Gasteiger partial charge in [-0.3, -0.25) is 9.59 Å². The number of hydrogen-bond donors (Lipinski definition) is 1. The van der Waals surface area contributed by atoms with E-state index in [1.54, 1.807) is 6.07 Å². The number of alkyl halides is 3. The zero-order valence-corrected chi connectivity index (χ0v) is 18.2. The molecule has 2 aromatic carbocycles. The minimum atomic E-state index is -4.46. The van der Waals surface area contributed by atoms with Crippen LogP contribution >= 0.6 is 0 Å². The van der Waals surface area contributed by atoms with Gasteiger partial charge in [0.05, 0.1) is 10.5 Å². The number of nitrogens with zero attached hydrogens (tertiary/aromatic N) is 1. The molecule has 1 fully saturated rings. The van der Waals surface area contributed by atoms with Crippen LogP contribution in [0.3, 0.4) is 0 Å². The van der Waals surface area contributed by atoms with Crippen LogP contribution in [0.4, 0.5) is 13.2 Å². The number of carbonyl (C=O) groups excluding carboxylic acids is 2. The molecule has 32 heavy (non-hydrogen) atoms. The van der Waals surface area contributed by atoms with Crippen molar-refractivity contribution in [2.45, 2.75) is 37.4 Å². The number of piperidine rings is 1. The van der Waals surface area contributed by atoms with Crippen LogP contribution in [0.1, 0.15) is 41.3 Å². The van der Waals surface area contributed by atoms with E-state index in [4.69, 9.17) is 0 Å². The van der Waals surface area contributed by atoms with E-state index in [0.29, 0.717) is 24.0 Å². The van der Waals surface area contributed by atoms with Gasteiger partial charge in [-0.25, -0.2) is 8.42 Å². The van der Waals surface area contributed by atoms with Crippen molar-refractivity contribution < 1.29 is 31.2 Å². The van der Waals surface area contributed by atoms with Gasteiger partial charge < -0.3 is 5.32 Å². The second-order valence-corrected chi connectivity index (χ2v) is 9.62. The van der Waals surface area contributed by atoms with Gasteiger partial charge in [0.1, 0.15) is 0 Å². The lowest BCUT2D eigenvalue weighted by atomic mass is 9.97. The molecule has 3 rings (SSSR count). The molecule has 0 bridgehead atoms. The SMILES string of the molecule is CC(=O)c1cccc(S(=O)(=O)N2CCC(C(=O)NCc3cccc(C(F)(F)F)c3)CC2)c1. The van der Waals surface area contributed by atoms with E-state index in [1.807, 2.05) is 0 Å². The van der Waals surface area contributed by atoms with Gasteiger partial charge in [-0.1, -0.05) is 24.3 Å². The number of hydrogen-bond acceptors (Lipinski definition) is 4. The second-order valence-electron chi connectivity index (χ2n) is 7.68. The van der Waals surface area contributed by atoms with Gasteiger partial charge in [-0.2, -0.15) is 17.5 Å². The first-order valence-electron chi connectivity index (χ1n) is 10.0. The van der Waals surface area contributed by atoms with Crippen LogP contribution in [0.15, 0.2) is 53.4 Å². The summed E-state index contributed by atoms with van der Waals surface area (Å²) in [7, 11) is -3.80. The maximum Gasteiger partial charge on any atom is 0.416 e. The third kappa shape index (κ3) is 5.55. The van der Waals surface area contributed by atoms with Gasteiger partial charge >= 0.3 is 6.18 Å². The number of rotatable bonds is 6. The topological polar surface area (TPSA) is 83.6 Å². The summed E-state index contributed by atoms with van der Waals surface area (Å²) < 4.78 is 65.5. The Morgan fingerprint density at radius 2 is 1.72 bits per heavy atom. The van der Waals surface area contributed by atoms with Crippen molar-refractivity contribution in [1.29, 1.82) is 0 Å². The van der Waals surface area contributed by atoms with Crippen LogP contribution in [0, 0.1) is 5.92 Å². The van der Waals surface area contributed by atoms with Gasteiger partial charge in [0.25, 0.3) is 0 Å². The molecule has 172 valence electrons. The molecule has 1 aliphatic rings. The summed E-state index contributed by atoms with van der Waals surface area (Å²) in [5.74, 6) is -0.993. The summed E-state index contributed by atoms with van der Waals surface area (Å²) in [6.07, 6.45) is -3.87. The largest absolute Gasteiger partial charge is 0.416 e. The Bertz CT molecular complexity index is 1110. The molecule has 1 saturated heterocycles. The molecule has 2 aromatic rings. The Balaban J connectivity index is 1.58. The molecule has 1 amide bonds. The van der Waals surface area contributed by atoms with Crippen molar-refractivity contribution >= 4 is 21.7 Å². The van der Waals surface area contributed by atoms with Crippen LogP contribution in [0.2, 0.25) is 0 Å². The highest BCUT2D eigenvalue weighted by atomic mass is 32.2.